The van der Waals surface area contributed by atoms with E-state index in [9.17, 15) is 4.79 Å². The summed E-state index contributed by atoms with van der Waals surface area (Å²) in [6.07, 6.45) is 12.5. The zero-order valence-electron chi connectivity index (χ0n) is 16.0. The topological polar surface area (TPSA) is 45.2 Å². The average Bonchev–Trinajstić information content (AvgIpc) is 2.60. The Kier molecular flexibility index (Phi) is 4.49. The number of carbonyl (C=O) groups excluding carboxylic acids is 1. The largest absolute Gasteiger partial charge is 0.356 e. The highest BCUT2D eigenvalue weighted by Crippen LogP contribution is 2.65. The summed E-state index contributed by atoms with van der Waals surface area (Å²) in [5, 5.41) is 3.38. The molecule has 1 aromatic rings. The van der Waals surface area contributed by atoms with E-state index in [1.807, 2.05) is 18.3 Å². The minimum atomic E-state index is 0.270. The molecule has 4 saturated carbocycles. The molecule has 1 aromatic heterocycles. The highest BCUT2D eigenvalue weighted by atomic mass is 79.9. The van der Waals surface area contributed by atoms with Crippen LogP contribution in [0.4, 0.5) is 5.82 Å². The number of hydrogen-bond acceptors (Lipinski definition) is 3. The third-order valence-electron chi connectivity index (χ3n) is 7.48. The van der Waals surface area contributed by atoms with Crippen LogP contribution >= 0.6 is 15.9 Å². The monoisotopic (exact) mass is 431 g/mol. The third kappa shape index (κ3) is 3.64. The summed E-state index contributed by atoms with van der Waals surface area (Å²) in [6.45, 7) is 1.95. The van der Waals surface area contributed by atoms with Crippen LogP contribution in [0.15, 0.2) is 24.4 Å². The van der Waals surface area contributed by atoms with Gasteiger partial charge in [-0.05, 0) is 80.8 Å². The molecule has 1 aliphatic heterocycles. The van der Waals surface area contributed by atoms with Gasteiger partial charge in [0.1, 0.15) is 5.82 Å². The number of piperidine rings is 1. The van der Waals surface area contributed by atoms with Crippen molar-refractivity contribution in [1.29, 1.82) is 0 Å². The molecule has 1 saturated heterocycles. The molecule has 2 atom stereocenters. The van der Waals surface area contributed by atoms with Crippen molar-refractivity contribution in [3.8, 4) is 0 Å². The van der Waals surface area contributed by atoms with Gasteiger partial charge in [-0.15, -0.1) is 0 Å². The molecule has 4 nitrogen and oxygen atoms in total. The summed E-state index contributed by atoms with van der Waals surface area (Å²) in [5.41, 5.74) is 0.270. The van der Waals surface area contributed by atoms with E-state index < -0.39 is 0 Å². The lowest BCUT2D eigenvalue weighted by Gasteiger charge is -2.60. The number of nitrogens with zero attached hydrogens (tertiary/aromatic N) is 2. The number of rotatable bonds is 4. The van der Waals surface area contributed by atoms with E-state index in [1.54, 1.807) is 0 Å². The molecule has 6 rings (SSSR count). The van der Waals surface area contributed by atoms with Gasteiger partial charge in [-0.25, -0.2) is 4.98 Å². The highest BCUT2D eigenvalue weighted by Gasteiger charge is 2.57. The predicted molar refractivity (Wildman–Crippen MR) is 111 cm³/mol. The van der Waals surface area contributed by atoms with Crippen molar-refractivity contribution in [1.82, 2.24) is 10.3 Å². The molecule has 146 valence electrons. The quantitative estimate of drug-likeness (QED) is 0.722. The van der Waals surface area contributed by atoms with Crippen LogP contribution in [0.1, 0.15) is 57.8 Å². The molecule has 1 amide bonds. The molecule has 0 radical (unpaired) electrons. The first-order valence-corrected chi connectivity index (χ1v) is 11.4. The standard InChI is InChI=1S/C22H30BrN3O/c23-22-12-16-9-17(13-22)11-21(10-16,15-22)14-20(27)25-18-4-7-26(8-5-18)19-3-1-2-6-24-19/h1-3,6,16-18H,4-5,7-15H2,(H,25,27). The van der Waals surface area contributed by atoms with Gasteiger partial charge in [-0.1, -0.05) is 22.0 Å². The van der Waals surface area contributed by atoms with Crippen LogP contribution in [0.25, 0.3) is 0 Å². The summed E-state index contributed by atoms with van der Waals surface area (Å²) < 4.78 is 0.339. The lowest BCUT2D eigenvalue weighted by atomic mass is 9.48. The molecule has 0 spiro atoms. The molecule has 5 fully saturated rings. The van der Waals surface area contributed by atoms with E-state index in [2.05, 4.69) is 37.2 Å². The van der Waals surface area contributed by atoms with Crippen molar-refractivity contribution in [2.24, 2.45) is 17.3 Å². The average molecular weight is 432 g/mol. The summed E-state index contributed by atoms with van der Waals surface area (Å²) >= 11 is 4.07. The molecule has 2 unspecified atom stereocenters. The maximum Gasteiger partial charge on any atom is 0.220 e. The van der Waals surface area contributed by atoms with Crippen LogP contribution in [-0.4, -0.2) is 34.3 Å². The number of alkyl halides is 1. The van der Waals surface area contributed by atoms with Crippen LogP contribution in [0.3, 0.4) is 0 Å². The van der Waals surface area contributed by atoms with Gasteiger partial charge in [0.05, 0.1) is 0 Å². The van der Waals surface area contributed by atoms with E-state index in [0.717, 1.165) is 50.0 Å². The number of halogens is 1. The van der Waals surface area contributed by atoms with Crippen molar-refractivity contribution in [2.45, 2.75) is 68.2 Å². The fourth-order valence-corrected chi connectivity index (χ4v) is 8.47. The highest BCUT2D eigenvalue weighted by molar-refractivity contribution is 9.10. The second-order valence-electron chi connectivity index (χ2n) is 9.81. The first kappa shape index (κ1) is 18.0. The van der Waals surface area contributed by atoms with Gasteiger partial charge in [-0.3, -0.25) is 4.79 Å². The molecule has 4 aliphatic carbocycles. The van der Waals surface area contributed by atoms with E-state index in [1.165, 1.54) is 38.5 Å². The molecular weight excluding hydrogens is 402 g/mol. The Morgan fingerprint density at radius 2 is 1.93 bits per heavy atom. The minimum Gasteiger partial charge on any atom is -0.356 e. The molecule has 5 aliphatic rings. The zero-order chi connectivity index (χ0) is 18.5. The van der Waals surface area contributed by atoms with Crippen molar-refractivity contribution in [3.05, 3.63) is 24.4 Å². The van der Waals surface area contributed by atoms with Crippen molar-refractivity contribution < 1.29 is 4.79 Å². The molecule has 0 aromatic carbocycles. The zero-order valence-corrected chi connectivity index (χ0v) is 17.6. The van der Waals surface area contributed by atoms with E-state index in [0.29, 0.717) is 16.3 Å². The van der Waals surface area contributed by atoms with Crippen LogP contribution in [-0.2, 0) is 4.79 Å². The maximum absolute atomic E-state index is 12.9. The molecule has 5 heteroatoms. The molecule has 2 heterocycles. The van der Waals surface area contributed by atoms with Crippen LogP contribution < -0.4 is 10.2 Å². The first-order valence-electron chi connectivity index (χ1n) is 10.7. The van der Waals surface area contributed by atoms with Gasteiger partial charge in [-0.2, -0.15) is 0 Å². The van der Waals surface area contributed by atoms with Gasteiger partial charge < -0.3 is 10.2 Å². The second kappa shape index (κ2) is 6.75. The van der Waals surface area contributed by atoms with E-state index in [4.69, 9.17) is 0 Å². The summed E-state index contributed by atoms with van der Waals surface area (Å²) in [7, 11) is 0. The Hall–Kier alpha value is -1.10. The Morgan fingerprint density at radius 1 is 1.19 bits per heavy atom. The molecule has 1 N–H and O–H groups in total. The Morgan fingerprint density at radius 3 is 2.56 bits per heavy atom. The Labute approximate surface area is 170 Å². The Bertz CT molecular complexity index is 687. The summed E-state index contributed by atoms with van der Waals surface area (Å²) in [6, 6.07) is 6.39. The van der Waals surface area contributed by atoms with Crippen LogP contribution in [0, 0.1) is 17.3 Å². The smallest absolute Gasteiger partial charge is 0.220 e. The number of hydrogen-bond donors (Lipinski definition) is 1. The van der Waals surface area contributed by atoms with E-state index in [-0.39, 0.29) is 5.41 Å². The van der Waals surface area contributed by atoms with Gasteiger partial charge in [0.2, 0.25) is 5.91 Å². The molecule has 27 heavy (non-hydrogen) atoms. The lowest BCUT2D eigenvalue weighted by Crippen LogP contribution is -2.54. The van der Waals surface area contributed by atoms with Gasteiger partial charge in [0.25, 0.3) is 0 Å². The number of pyridine rings is 1. The first-order chi connectivity index (χ1) is 13.0. The van der Waals surface area contributed by atoms with Gasteiger partial charge in [0, 0.05) is 36.1 Å². The fraction of sp³-hybridized carbons (Fsp3) is 0.727. The fourth-order valence-electron chi connectivity index (χ4n) is 6.96. The Balaban J connectivity index is 1.15. The number of nitrogens with one attached hydrogen (secondary N) is 1. The van der Waals surface area contributed by atoms with Crippen LogP contribution in [0.2, 0.25) is 0 Å². The minimum absolute atomic E-state index is 0.270. The van der Waals surface area contributed by atoms with Gasteiger partial charge in [0.15, 0.2) is 0 Å². The SMILES string of the molecule is O=C(CC12CC3CC(CC(Br)(C3)C1)C2)NC1CCN(c2ccccn2)CC1. The normalized spacial score (nSPS) is 38.2. The maximum atomic E-state index is 12.9. The number of anilines is 1. The summed E-state index contributed by atoms with van der Waals surface area (Å²) in [5.74, 6) is 3.04. The number of aromatic nitrogens is 1. The van der Waals surface area contributed by atoms with Gasteiger partial charge >= 0.3 is 0 Å². The lowest BCUT2D eigenvalue weighted by molar-refractivity contribution is -0.129. The third-order valence-corrected chi connectivity index (χ3v) is 8.41. The van der Waals surface area contributed by atoms with E-state index >= 15 is 0 Å². The molecule has 4 bridgehead atoms. The van der Waals surface area contributed by atoms with Crippen molar-refractivity contribution in [3.63, 3.8) is 0 Å². The summed E-state index contributed by atoms with van der Waals surface area (Å²) in [4.78, 5) is 19.7. The second-order valence-corrected chi connectivity index (χ2v) is 11.5. The van der Waals surface area contributed by atoms with Crippen molar-refractivity contribution >= 4 is 27.7 Å². The molecular formula is C22H30BrN3O. The van der Waals surface area contributed by atoms with Crippen molar-refractivity contribution in [2.75, 3.05) is 18.0 Å². The predicted octanol–water partition coefficient (Wildman–Crippen LogP) is 4.29. The number of carbonyl (C=O) groups is 1. The van der Waals surface area contributed by atoms with Crippen LogP contribution in [0.5, 0.6) is 0 Å². The number of amides is 1.